The van der Waals surface area contributed by atoms with Crippen molar-refractivity contribution in [3.8, 4) is 0 Å². The summed E-state index contributed by atoms with van der Waals surface area (Å²) in [6.07, 6.45) is -0.130. The molecule has 0 bridgehead atoms. The summed E-state index contributed by atoms with van der Waals surface area (Å²) in [5, 5.41) is 0. The molecule has 0 aliphatic carbocycles. The number of carbonyl (C=O) groups is 2. The lowest BCUT2D eigenvalue weighted by atomic mass is 10.0. The van der Waals surface area contributed by atoms with Crippen LogP contribution >= 0.6 is 15.9 Å². The first-order chi connectivity index (χ1) is 8.04. The van der Waals surface area contributed by atoms with Crippen LogP contribution in [0.4, 0.5) is 4.39 Å². The zero-order valence-corrected chi connectivity index (χ0v) is 10.9. The number of Topliss-reactive ketones (excluding diaryl/α,β-unsaturated/α-hetero) is 2. The molecule has 0 amide bonds. The minimum Gasteiger partial charge on any atom is -0.384 e. The van der Waals surface area contributed by atoms with Gasteiger partial charge in [0.2, 0.25) is 0 Å². The van der Waals surface area contributed by atoms with Gasteiger partial charge in [-0.2, -0.15) is 0 Å². The molecular formula is C12H12BrFO3. The third-order valence-corrected chi connectivity index (χ3v) is 2.66. The summed E-state index contributed by atoms with van der Waals surface area (Å²) >= 11 is 3.15. The standard InChI is InChI=1S/C12H12BrFO3/c1-17-5-4-9(15)7-12(16)10-6-8(13)2-3-11(10)14/h2-3,6H,4-5,7H2,1H3. The quantitative estimate of drug-likeness (QED) is 0.599. The van der Waals surface area contributed by atoms with Crippen LogP contribution < -0.4 is 0 Å². The Kier molecular flexibility index (Phi) is 5.44. The van der Waals surface area contributed by atoms with Crippen LogP contribution in [0.5, 0.6) is 0 Å². The number of ether oxygens (including phenoxy) is 1. The minimum atomic E-state index is -0.613. The summed E-state index contributed by atoms with van der Waals surface area (Å²) < 4.78 is 18.7. The lowest BCUT2D eigenvalue weighted by molar-refractivity contribution is -0.119. The molecule has 0 unspecified atom stereocenters. The molecule has 0 saturated heterocycles. The van der Waals surface area contributed by atoms with Crippen LogP contribution in [0.15, 0.2) is 22.7 Å². The van der Waals surface area contributed by atoms with E-state index in [9.17, 15) is 14.0 Å². The van der Waals surface area contributed by atoms with E-state index in [1.165, 1.54) is 25.3 Å². The van der Waals surface area contributed by atoms with Gasteiger partial charge in [0.05, 0.1) is 18.6 Å². The molecule has 0 spiro atoms. The molecule has 0 radical (unpaired) electrons. The van der Waals surface area contributed by atoms with Crippen molar-refractivity contribution in [3.63, 3.8) is 0 Å². The molecule has 0 aromatic heterocycles. The van der Waals surface area contributed by atoms with Gasteiger partial charge in [0.25, 0.3) is 0 Å². The Bertz CT molecular complexity index is 432. The number of ketones is 2. The van der Waals surface area contributed by atoms with Gasteiger partial charge < -0.3 is 4.74 Å². The van der Waals surface area contributed by atoms with Crippen molar-refractivity contribution in [2.24, 2.45) is 0 Å². The molecule has 1 rings (SSSR count). The molecule has 0 aliphatic heterocycles. The number of halogens is 2. The number of hydrogen-bond acceptors (Lipinski definition) is 3. The van der Waals surface area contributed by atoms with Crippen LogP contribution in [-0.4, -0.2) is 25.3 Å². The fourth-order valence-corrected chi connectivity index (χ4v) is 1.65. The van der Waals surface area contributed by atoms with Crippen LogP contribution in [0.2, 0.25) is 0 Å². The Labute approximate surface area is 107 Å². The molecule has 1 aromatic carbocycles. The molecule has 0 heterocycles. The molecule has 0 aliphatic rings. The average molecular weight is 303 g/mol. The number of benzene rings is 1. The van der Waals surface area contributed by atoms with Gasteiger partial charge in [-0.05, 0) is 18.2 Å². The zero-order valence-electron chi connectivity index (χ0n) is 9.33. The Hall–Kier alpha value is -1.07. The number of methoxy groups -OCH3 is 1. The van der Waals surface area contributed by atoms with Gasteiger partial charge in [0.15, 0.2) is 5.78 Å². The summed E-state index contributed by atoms with van der Waals surface area (Å²) in [4.78, 5) is 23.0. The smallest absolute Gasteiger partial charge is 0.173 e. The highest BCUT2D eigenvalue weighted by Crippen LogP contribution is 2.17. The van der Waals surface area contributed by atoms with Crippen LogP contribution in [-0.2, 0) is 9.53 Å². The Balaban J connectivity index is 2.69. The maximum absolute atomic E-state index is 13.3. The first-order valence-corrected chi connectivity index (χ1v) is 5.82. The van der Waals surface area contributed by atoms with E-state index in [0.29, 0.717) is 4.47 Å². The predicted octanol–water partition coefficient (Wildman–Crippen LogP) is 2.77. The summed E-state index contributed by atoms with van der Waals surface area (Å²) in [5.74, 6) is -1.38. The van der Waals surface area contributed by atoms with E-state index in [-0.39, 0.29) is 30.8 Å². The summed E-state index contributed by atoms with van der Waals surface area (Å²) in [6, 6.07) is 4.07. The third-order valence-electron chi connectivity index (χ3n) is 2.17. The van der Waals surface area contributed by atoms with Crippen molar-refractivity contribution in [3.05, 3.63) is 34.1 Å². The van der Waals surface area contributed by atoms with Gasteiger partial charge >= 0.3 is 0 Å². The molecule has 1 aromatic rings. The maximum atomic E-state index is 13.3. The third kappa shape index (κ3) is 4.36. The van der Waals surface area contributed by atoms with E-state index in [0.717, 1.165) is 0 Å². The summed E-state index contributed by atoms with van der Waals surface area (Å²) in [7, 11) is 1.48. The highest BCUT2D eigenvalue weighted by atomic mass is 79.9. The number of carbonyl (C=O) groups excluding carboxylic acids is 2. The van der Waals surface area contributed by atoms with Crippen molar-refractivity contribution < 1.29 is 18.7 Å². The van der Waals surface area contributed by atoms with E-state index < -0.39 is 11.6 Å². The SMILES string of the molecule is COCCC(=O)CC(=O)c1cc(Br)ccc1F. The molecule has 0 saturated carbocycles. The highest BCUT2D eigenvalue weighted by molar-refractivity contribution is 9.10. The fraction of sp³-hybridized carbons (Fsp3) is 0.333. The molecule has 0 N–H and O–H groups in total. The van der Waals surface area contributed by atoms with Gasteiger partial charge in [-0.1, -0.05) is 15.9 Å². The minimum absolute atomic E-state index is 0.0647. The average Bonchev–Trinajstić information content (AvgIpc) is 2.29. The van der Waals surface area contributed by atoms with E-state index in [4.69, 9.17) is 4.74 Å². The predicted molar refractivity (Wildman–Crippen MR) is 64.5 cm³/mol. The van der Waals surface area contributed by atoms with Crippen LogP contribution in [0.3, 0.4) is 0 Å². The van der Waals surface area contributed by atoms with E-state index in [1.807, 2.05) is 0 Å². The molecule has 92 valence electrons. The second-order valence-electron chi connectivity index (χ2n) is 3.51. The fourth-order valence-electron chi connectivity index (χ4n) is 1.29. The van der Waals surface area contributed by atoms with Crippen molar-refractivity contribution in [2.45, 2.75) is 12.8 Å². The Morgan fingerprint density at radius 3 is 2.76 bits per heavy atom. The topological polar surface area (TPSA) is 43.4 Å². The van der Waals surface area contributed by atoms with Crippen LogP contribution in [0.1, 0.15) is 23.2 Å². The first kappa shape index (κ1) is 14.0. The second kappa shape index (κ2) is 6.61. The number of hydrogen-bond donors (Lipinski definition) is 0. The Morgan fingerprint density at radius 1 is 1.41 bits per heavy atom. The van der Waals surface area contributed by atoms with E-state index in [2.05, 4.69) is 15.9 Å². The summed E-state index contributed by atoms with van der Waals surface area (Å²) in [6.45, 7) is 0.271. The molecular weight excluding hydrogens is 291 g/mol. The zero-order chi connectivity index (χ0) is 12.8. The van der Waals surface area contributed by atoms with Crippen LogP contribution in [0.25, 0.3) is 0 Å². The van der Waals surface area contributed by atoms with Gasteiger partial charge in [0, 0.05) is 18.0 Å². The molecule has 0 atom stereocenters. The van der Waals surface area contributed by atoms with Gasteiger partial charge in [-0.3, -0.25) is 9.59 Å². The molecule has 5 heteroatoms. The second-order valence-corrected chi connectivity index (χ2v) is 4.42. The first-order valence-electron chi connectivity index (χ1n) is 5.03. The number of rotatable bonds is 6. The van der Waals surface area contributed by atoms with E-state index in [1.54, 1.807) is 0 Å². The van der Waals surface area contributed by atoms with Crippen molar-refractivity contribution in [2.75, 3.05) is 13.7 Å². The largest absolute Gasteiger partial charge is 0.384 e. The molecule has 17 heavy (non-hydrogen) atoms. The van der Waals surface area contributed by atoms with Gasteiger partial charge in [0.1, 0.15) is 11.6 Å². The van der Waals surface area contributed by atoms with E-state index >= 15 is 0 Å². The van der Waals surface area contributed by atoms with Gasteiger partial charge in [-0.25, -0.2) is 4.39 Å². The molecule has 0 fully saturated rings. The van der Waals surface area contributed by atoms with Crippen molar-refractivity contribution >= 4 is 27.5 Å². The normalized spacial score (nSPS) is 10.3. The molecule has 3 nitrogen and oxygen atoms in total. The maximum Gasteiger partial charge on any atom is 0.173 e. The van der Waals surface area contributed by atoms with Crippen molar-refractivity contribution in [1.82, 2.24) is 0 Å². The Morgan fingerprint density at radius 2 is 2.12 bits per heavy atom. The van der Waals surface area contributed by atoms with Gasteiger partial charge in [-0.15, -0.1) is 0 Å². The van der Waals surface area contributed by atoms with Crippen molar-refractivity contribution in [1.29, 1.82) is 0 Å². The summed E-state index contributed by atoms with van der Waals surface area (Å²) in [5.41, 5.74) is -0.0647. The highest BCUT2D eigenvalue weighted by Gasteiger charge is 2.15. The monoisotopic (exact) mass is 302 g/mol. The lowest BCUT2D eigenvalue weighted by Gasteiger charge is -2.03. The lowest BCUT2D eigenvalue weighted by Crippen LogP contribution is -2.11. The van der Waals surface area contributed by atoms with Crippen LogP contribution in [0, 0.1) is 5.82 Å².